The number of benzene rings is 1. The minimum Gasteiger partial charge on any atom is -0.362 e. The Morgan fingerprint density at radius 1 is 1.07 bits per heavy atom. The molecule has 0 amide bonds. The standard InChI is InChI=1S/C19H20N6O2/c1-14(2)23-18-17(25(26)27)19(22-13-21-18)24(16-10-6-7-11-20-16)12-15-8-4-3-5-9-15/h3-11,13-14H,12H2,1-2H3,(H,21,22,23). The highest BCUT2D eigenvalue weighted by atomic mass is 16.6. The summed E-state index contributed by atoms with van der Waals surface area (Å²) in [5.74, 6) is 0.952. The van der Waals surface area contributed by atoms with Crippen molar-refractivity contribution >= 4 is 23.1 Å². The van der Waals surface area contributed by atoms with Crippen molar-refractivity contribution in [3.63, 3.8) is 0 Å². The Bertz CT molecular complexity index is 903. The molecule has 0 aliphatic carbocycles. The van der Waals surface area contributed by atoms with Crippen LogP contribution in [0.1, 0.15) is 19.4 Å². The molecule has 2 aromatic heterocycles. The normalized spacial score (nSPS) is 10.6. The summed E-state index contributed by atoms with van der Waals surface area (Å²) in [6.07, 6.45) is 2.97. The third-order valence-corrected chi connectivity index (χ3v) is 3.78. The molecule has 0 aliphatic heterocycles. The summed E-state index contributed by atoms with van der Waals surface area (Å²) < 4.78 is 0. The zero-order chi connectivity index (χ0) is 19.2. The van der Waals surface area contributed by atoms with E-state index in [0.29, 0.717) is 12.4 Å². The van der Waals surface area contributed by atoms with Gasteiger partial charge in [-0.2, -0.15) is 0 Å². The number of rotatable bonds is 7. The van der Waals surface area contributed by atoms with Gasteiger partial charge in [0.2, 0.25) is 11.6 Å². The molecule has 3 rings (SSSR count). The Hall–Kier alpha value is -3.55. The molecule has 0 saturated carbocycles. The van der Waals surface area contributed by atoms with Crippen LogP contribution in [0.3, 0.4) is 0 Å². The lowest BCUT2D eigenvalue weighted by molar-refractivity contribution is -0.383. The molecule has 0 bridgehead atoms. The van der Waals surface area contributed by atoms with Crippen molar-refractivity contribution in [3.8, 4) is 0 Å². The predicted molar refractivity (Wildman–Crippen MR) is 104 cm³/mol. The van der Waals surface area contributed by atoms with Gasteiger partial charge in [-0.3, -0.25) is 10.1 Å². The van der Waals surface area contributed by atoms with E-state index in [9.17, 15) is 10.1 Å². The average Bonchev–Trinajstić information content (AvgIpc) is 2.67. The first-order valence-corrected chi connectivity index (χ1v) is 8.54. The smallest absolute Gasteiger partial charge is 0.353 e. The van der Waals surface area contributed by atoms with E-state index < -0.39 is 4.92 Å². The quantitative estimate of drug-likeness (QED) is 0.501. The highest BCUT2D eigenvalue weighted by Gasteiger charge is 2.28. The number of anilines is 3. The first kappa shape index (κ1) is 18.2. The molecule has 1 aromatic carbocycles. The van der Waals surface area contributed by atoms with Gasteiger partial charge in [-0.1, -0.05) is 36.4 Å². The van der Waals surface area contributed by atoms with Crippen molar-refractivity contribution in [1.82, 2.24) is 15.0 Å². The van der Waals surface area contributed by atoms with Gasteiger partial charge in [0.15, 0.2) is 0 Å². The molecule has 138 valence electrons. The second-order valence-electron chi connectivity index (χ2n) is 6.21. The molecule has 0 saturated heterocycles. The Morgan fingerprint density at radius 3 is 2.44 bits per heavy atom. The fourth-order valence-electron chi connectivity index (χ4n) is 2.66. The number of hydrogen-bond donors (Lipinski definition) is 1. The summed E-state index contributed by atoms with van der Waals surface area (Å²) in [6.45, 7) is 4.18. The Balaban J connectivity index is 2.13. The van der Waals surface area contributed by atoms with Crippen LogP contribution in [0.2, 0.25) is 0 Å². The molecule has 0 unspecified atom stereocenters. The van der Waals surface area contributed by atoms with Gasteiger partial charge in [-0.15, -0.1) is 0 Å². The van der Waals surface area contributed by atoms with Crippen molar-refractivity contribution in [1.29, 1.82) is 0 Å². The lowest BCUT2D eigenvalue weighted by Gasteiger charge is -2.23. The van der Waals surface area contributed by atoms with Gasteiger partial charge in [0.05, 0.1) is 11.5 Å². The van der Waals surface area contributed by atoms with Crippen LogP contribution in [0.15, 0.2) is 61.1 Å². The first-order chi connectivity index (χ1) is 13.1. The zero-order valence-electron chi connectivity index (χ0n) is 15.1. The molecule has 1 N–H and O–H groups in total. The number of pyridine rings is 1. The highest BCUT2D eigenvalue weighted by molar-refractivity contribution is 5.74. The van der Waals surface area contributed by atoms with E-state index in [0.717, 1.165) is 5.56 Å². The third-order valence-electron chi connectivity index (χ3n) is 3.78. The molecule has 0 aliphatic rings. The second-order valence-corrected chi connectivity index (χ2v) is 6.21. The summed E-state index contributed by atoms with van der Waals surface area (Å²) in [4.78, 5) is 25.8. The second kappa shape index (κ2) is 8.22. The minimum absolute atomic E-state index is 0.0103. The summed E-state index contributed by atoms with van der Waals surface area (Å²) in [5.41, 5.74) is 0.808. The van der Waals surface area contributed by atoms with Gasteiger partial charge in [0, 0.05) is 12.2 Å². The van der Waals surface area contributed by atoms with Gasteiger partial charge in [-0.05, 0) is 31.5 Å². The van der Waals surface area contributed by atoms with E-state index in [1.165, 1.54) is 6.33 Å². The molecule has 3 aromatic rings. The van der Waals surface area contributed by atoms with Gasteiger partial charge < -0.3 is 10.2 Å². The maximum Gasteiger partial charge on any atom is 0.353 e. The fourth-order valence-corrected chi connectivity index (χ4v) is 2.66. The molecule has 8 nitrogen and oxygen atoms in total. The van der Waals surface area contributed by atoms with Crippen LogP contribution in [0.4, 0.5) is 23.1 Å². The van der Waals surface area contributed by atoms with Crippen LogP contribution >= 0.6 is 0 Å². The topological polar surface area (TPSA) is 97.1 Å². The number of nitro groups is 1. The monoisotopic (exact) mass is 364 g/mol. The zero-order valence-corrected chi connectivity index (χ0v) is 15.1. The van der Waals surface area contributed by atoms with E-state index in [1.807, 2.05) is 50.2 Å². The van der Waals surface area contributed by atoms with E-state index >= 15 is 0 Å². The Kier molecular flexibility index (Phi) is 5.55. The van der Waals surface area contributed by atoms with Crippen molar-refractivity contribution in [2.24, 2.45) is 0 Å². The molecular weight excluding hydrogens is 344 g/mol. The first-order valence-electron chi connectivity index (χ1n) is 8.54. The molecule has 0 radical (unpaired) electrons. The molecular formula is C19H20N6O2. The van der Waals surface area contributed by atoms with Crippen LogP contribution in [-0.4, -0.2) is 25.9 Å². The van der Waals surface area contributed by atoms with Gasteiger partial charge in [-0.25, -0.2) is 15.0 Å². The molecule has 0 fully saturated rings. The molecule has 2 heterocycles. The predicted octanol–water partition coefficient (Wildman–Crippen LogP) is 3.94. The summed E-state index contributed by atoms with van der Waals surface area (Å²) in [7, 11) is 0. The average molecular weight is 364 g/mol. The maximum absolute atomic E-state index is 11.9. The molecule has 27 heavy (non-hydrogen) atoms. The Labute approximate surface area is 157 Å². The SMILES string of the molecule is CC(C)Nc1ncnc(N(Cc2ccccc2)c2ccccn2)c1[N+](=O)[O-]. The van der Waals surface area contributed by atoms with E-state index in [1.54, 1.807) is 23.2 Å². The van der Waals surface area contributed by atoms with Crippen LogP contribution in [-0.2, 0) is 6.54 Å². The van der Waals surface area contributed by atoms with Gasteiger partial charge in [0.25, 0.3) is 0 Å². The number of nitrogens with one attached hydrogen (secondary N) is 1. The largest absolute Gasteiger partial charge is 0.362 e. The molecule has 0 spiro atoms. The lowest BCUT2D eigenvalue weighted by Crippen LogP contribution is -2.22. The van der Waals surface area contributed by atoms with Crippen LogP contribution < -0.4 is 10.2 Å². The summed E-state index contributed by atoms with van der Waals surface area (Å²) in [6, 6.07) is 15.1. The van der Waals surface area contributed by atoms with Crippen LogP contribution in [0, 0.1) is 10.1 Å². The fraction of sp³-hybridized carbons (Fsp3) is 0.211. The number of hydrogen-bond acceptors (Lipinski definition) is 7. The summed E-state index contributed by atoms with van der Waals surface area (Å²) in [5, 5.41) is 14.9. The summed E-state index contributed by atoms with van der Waals surface area (Å²) >= 11 is 0. The van der Waals surface area contributed by atoms with Gasteiger partial charge in [0.1, 0.15) is 12.1 Å². The highest BCUT2D eigenvalue weighted by Crippen LogP contribution is 2.36. The van der Waals surface area contributed by atoms with Gasteiger partial charge >= 0.3 is 5.69 Å². The van der Waals surface area contributed by atoms with Crippen molar-refractivity contribution < 1.29 is 4.92 Å². The van der Waals surface area contributed by atoms with Crippen LogP contribution in [0.5, 0.6) is 0 Å². The van der Waals surface area contributed by atoms with Crippen molar-refractivity contribution in [2.75, 3.05) is 10.2 Å². The van der Waals surface area contributed by atoms with E-state index in [2.05, 4.69) is 20.3 Å². The number of aromatic nitrogens is 3. The molecule has 0 atom stereocenters. The van der Waals surface area contributed by atoms with E-state index in [-0.39, 0.29) is 23.4 Å². The van der Waals surface area contributed by atoms with Crippen LogP contribution in [0.25, 0.3) is 0 Å². The van der Waals surface area contributed by atoms with Crippen molar-refractivity contribution in [2.45, 2.75) is 26.4 Å². The maximum atomic E-state index is 11.9. The van der Waals surface area contributed by atoms with Crippen molar-refractivity contribution in [3.05, 3.63) is 76.7 Å². The Morgan fingerprint density at radius 2 is 1.81 bits per heavy atom. The number of nitrogens with zero attached hydrogens (tertiary/aromatic N) is 5. The lowest BCUT2D eigenvalue weighted by atomic mass is 10.2. The third kappa shape index (κ3) is 4.35. The van der Waals surface area contributed by atoms with E-state index in [4.69, 9.17) is 0 Å². The molecule has 8 heteroatoms. The minimum atomic E-state index is -0.457.